The minimum atomic E-state index is -0.287. The fourth-order valence-electron chi connectivity index (χ4n) is 5.16. The SMILES string of the molecule is CC(C)(C)C1NC(=O)OC1C(C)(C)C.CC(C)(C)C1NC(=O)SC1C(C)(C)C.CC(C)(C)C1OC(=O)SC1C(C)(C)C. The van der Waals surface area contributed by atoms with Gasteiger partial charge in [-0.2, -0.15) is 0 Å². The molecule has 0 aromatic rings. The highest BCUT2D eigenvalue weighted by atomic mass is 32.2. The number of carbonyl (C=O) groups excluding carboxylic acids is 3. The van der Waals surface area contributed by atoms with Gasteiger partial charge in [0.05, 0.1) is 11.3 Å². The molecule has 0 saturated carbocycles. The Labute approximate surface area is 265 Å². The van der Waals surface area contributed by atoms with Crippen molar-refractivity contribution in [1.82, 2.24) is 10.6 Å². The molecule has 0 bridgehead atoms. The molecule has 6 atom stereocenters. The number of alkyl carbamates (subject to hydrolysis) is 1. The number of rotatable bonds is 0. The van der Waals surface area contributed by atoms with E-state index >= 15 is 0 Å². The summed E-state index contributed by atoms with van der Waals surface area (Å²) in [5.74, 6) is 0. The Bertz CT molecular complexity index is 760. The molecule has 0 aromatic carbocycles. The number of nitrogens with one attached hydrogen (secondary N) is 2. The summed E-state index contributed by atoms with van der Waals surface area (Å²) in [7, 11) is 0. The number of carbonyl (C=O) groups is 3. The predicted molar refractivity (Wildman–Crippen MR) is 179 cm³/mol. The molecule has 6 unspecified atom stereocenters. The summed E-state index contributed by atoms with van der Waals surface area (Å²) in [4.78, 5) is 33.9. The molecule has 3 aliphatic heterocycles. The molecule has 246 valence electrons. The van der Waals surface area contributed by atoms with Crippen LogP contribution in [0.15, 0.2) is 0 Å². The molecule has 0 aromatic heterocycles. The standard InChI is InChI=1S/C11H21NO2.C11H21NOS.C11H20O2S/c2*1-10(2,3)7-8(11(4,5)6)14-9(13)12-7;1-10(2,3)7-8(11(4,5)6)14-9(12)13-7/h2*7-8H,1-6H3,(H,12,13);7-8H,1-6H3. The average Bonchev–Trinajstić information content (AvgIpc) is 3.42. The van der Waals surface area contributed by atoms with E-state index in [1.165, 1.54) is 23.5 Å². The predicted octanol–water partition coefficient (Wildman–Crippen LogP) is 9.53. The molecule has 3 aliphatic rings. The van der Waals surface area contributed by atoms with Gasteiger partial charge in [-0.05, 0) is 33.4 Å². The minimum absolute atomic E-state index is 0.0168. The van der Waals surface area contributed by atoms with E-state index in [0.717, 1.165) is 0 Å². The minimum Gasteiger partial charge on any atom is -0.452 e. The van der Waals surface area contributed by atoms with Crippen LogP contribution in [0, 0.1) is 32.5 Å². The van der Waals surface area contributed by atoms with Gasteiger partial charge in [0.1, 0.15) is 12.2 Å². The highest BCUT2D eigenvalue weighted by molar-refractivity contribution is 8.14. The number of amides is 2. The van der Waals surface area contributed by atoms with Crippen LogP contribution in [0.25, 0.3) is 0 Å². The molecular weight excluding hydrogens is 569 g/mol. The number of thioether (sulfide) groups is 2. The van der Waals surface area contributed by atoms with Gasteiger partial charge < -0.3 is 20.1 Å². The Kier molecular flexibility index (Phi) is 12.1. The van der Waals surface area contributed by atoms with Crippen LogP contribution in [-0.2, 0) is 9.47 Å². The Hall–Kier alpha value is -1.09. The van der Waals surface area contributed by atoms with Gasteiger partial charge in [-0.25, -0.2) is 9.59 Å². The maximum absolute atomic E-state index is 11.4. The lowest BCUT2D eigenvalue weighted by molar-refractivity contribution is 0.0329. The lowest BCUT2D eigenvalue weighted by Gasteiger charge is -2.37. The van der Waals surface area contributed by atoms with E-state index in [0.29, 0.717) is 5.25 Å². The summed E-state index contributed by atoms with van der Waals surface area (Å²) in [5.41, 5.74) is 0.450. The van der Waals surface area contributed by atoms with Crippen LogP contribution < -0.4 is 10.6 Å². The van der Waals surface area contributed by atoms with Crippen molar-refractivity contribution in [2.45, 2.75) is 159 Å². The van der Waals surface area contributed by atoms with Crippen LogP contribution in [0.4, 0.5) is 14.4 Å². The normalized spacial score (nSPS) is 29.0. The lowest BCUT2D eigenvalue weighted by atomic mass is 9.75. The molecular formula is C33H62N2O5S2. The zero-order valence-electron chi connectivity index (χ0n) is 29.8. The van der Waals surface area contributed by atoms with Gasteiger partial charge in [-0.1, -0.05) is 136 Å². The van der Waals surface area contributed by atoms with Gasteiger partial charge in [-0.15, -0.1) is 0 Å². The molecule has 0 spiro atoms. The van der Waals surface area contributed by atoms with Crippen molar-refractivity contribution in [3.8, 4) is 0 Å². The molecule has 3 fully saturated rings. The van der Waals surface area contributed by atoms with E-state index in [-0.39, 0.29) is 78.7 Å². The summed E-state index contributed by atoms with van der Waals surface area (Å²) in [6.07, 6.45) is -0.306. The molecule has 9 heteroatoms. The molecule has 0 radical (unpaired) electrons. The average molecular weight is 631 g/mol. The van der Waals surface area contributed by atoms with Gasteiger partial charge in [-0.3, -0.25) is 4.79 Å². The first-order valence-corrected chi connectivity index (χ1v) is 16.9. The Balaban J connectivity index is 0.000000315. The first kappa shape index (κ1) is 38.9. The summed E-state index contributed by atoms with van der Waals surface area (Å²) < 4.78 is 10.7. The van der Waals surface area contributed by atoms with Crippen molar-refractivity contribution >= 4 is 40.2 Å². The second kappa shape index (κ2) is 13.1. The zero-order chi connectivity index (χ0) is 33.4. The second-order valence-corrected chi connectivity index (χ2v) is 20.6. The van der Waals surface area contributed by atoms with Crippen molar-refractivity contribution in [3.63, 3.8) is 0 Å². The van der Waals surface area contributed by atoms with Crippen LogP contribution in [0.2, 0.25) is 0 Å². The van der Waals surface area contributed by atoms with E-state index in [1.807, 2.05) is 0 Å². The molecule has 42 heavy (non-hydrogen) atoms. The van der Waals surface area contributed by atoms with E-state index in [9.17, 15) is 14.4 Å². The maximum atomic E-state index is 11.4. The van der Waals surface area contributed by atoms with E-state index < -0.39 is 0 Å². The van der Waals surface area contributed by atoms with E-state index in [2.05, 4.69) is 135 Å². The molecule has 0 aliphatic carbocycles. The summed E-state index contributed by atoms with van der Waals surface area (Å²) >= 11 is 2.80. The van der Waals surface area contributed by atoms with Crippen molar-refractivity contribution in [2.24, 2.45) is 32.5 Å². The molecule has 3 saturated heterocycles. The quantitative estimate of drug-likeness (QED) is 0.257. The van der Waals surface area contributed by atoms with Crippen molar-refractivity contribution in [3.05, 3.63) is 0 Å². The number of cyclic esters (lactones) is 2. The van der Waals surface area contributed by atoms with Crippen molar-refractivity contribution < 1.29 is 23.9 Å². The fraction of sp³-hybridized carbons (Fsp3) is 0.909. The van der Waals surface area contributed by atoms with Crippen LogP contribution in [0.5, 0.6) is 0 Å². The smallest absolute Gasteiger partial charge is 0.407 e. The third kappa shape index (κ3) is 11.1. The van der Waals surface area contributed by atoms with E-state index in [4.69, 9.17) is 9.47 Å². The van der Waals surface area contributed by atoms with Crippen LogP contribution in [0.3, 0.4) is 0 Å². The third-order valence-electron chi connectivity index (χ3n) is 7.62. The molecule has 2 amide bonds. The molecule has 3 heterocycles. The largest absolute Gasteiger partial charge is 0.452 e. The second-order valence-electron chi connectivity index (χ2n) is 18.4. The number of hydrogen-bond acceptors (Lipinski definition) is 7. The monoisotopic (exact) mass is 630 g/mol. The van der Waals surface area contributed by atoms with E-state index in [1.54, 1.807) is 0 Å². The highest BCUT2D eigenvalue weighted by Crippen LogP contribution is 2.46. The summed E-state index contributed by atoms with van der Waals surface area (Å²) in [6.45, 7) is 38.6. The molecule has 3 rings (SSSR count). The molecule has 2 N–H and O–H groups in total. The topological polar surface area (TPSA) is 93.7 Å². The van der Waals surface area contributed by atoms with Crippen LogP contribution >= 0.6 is 23.5 Å². The van der Waals surface area contributed by atoms with Gasteiger partial charge in [0, 0.05) is 22.1 Å². The Morgan fingerprint density at radius 3 is 1.19 bits per heavy atom. The number of hydrogen-bond donors (Lipinski definition) is 2. The van der Waals surface area contributed by atoms with Gasteiger partial charge >= 0.3 is 11.4 Å². The maximum Gasteiger partial charge on any atom is 0.407 e. The van der Waals surface area contributed by atoms with Gasteiger partial charge in [0.2, 0.25) is 0 Å². The van der Waals surface area contributed by atoms with Crippen LogP contribution in [-0.4, -0.2) is 51.4 Å². The third-order valence-corrected chi connectivity index (χ3v) is 10.7. The number of ether oxygens (including phenoxy) is 2. The van der Waals surface area contributed by atoms with Crippen LogP contribution in [0.1, 0.15) is 125 Å². The molecule has 7 nitrogen and oxygen atoms in total. The summed E-state index contributed by atoms with van der Waals surface area (Å²) in [6, 6.07) is 0.370. The summed E-state index contributed by atoms with van der Waals surface area (Å²) in [5, 5.41) is 6.60. The fourth-order valence-corrected chi connectivity index (χ4v) is 7.85. The first-order chi connectivity index (χ1) is 18.4. The van der Waals surface area contributed by atoms with Gasteiger partial charge in [0.15, 0.2) is 0 Å². The lowest BCUT2D eigenvalue weighted by Crippen LogP contribution is -2.47. The zero-order valence-corrected chi connectivity index (χ0v) is 31.5. The van der Waals surface area contributed by atoms with Crippen molar-refractivity contribution in [2.75, 3.05) is 0 Å². The highest BCUT2D eigenvalue weighted by Gasteiger charge is 2.49. The Morgan fingerprint density at radius 2 is 0.905 bits per heavy atom. The van der Waals surface area contributed by atoms with Crippen molar-refractivity contribution in [1.29, 1.82) is 0 Å². The Morgan fingerprint density at radius 1 is 0.476 bits per heavy atom. The van der Waals surface area contributed by atoms with Gasteiger partial charge in [0.25, 0.3) is 5.24 Å². The first-order valence-electron chi connectivity index (χ1n) is 15.2.